The summed E-state index contributed by atoms with van der Waals surface area (Å²) in [6, 6.07) is 10.6. The third-order valence-corrected chi connectivity index (χ3v) is 2.66. The fourth-order valence-corrected chi connectivity index (χ4v) is 1.66. The highest BCUT2D eigenvalue weighted by Gasteiger charge is 2.36. The zero-order valence-electron chi connectivity index (χ0n) is 7.30. The molecule has 0 aliphatic carbocycles. The van der Waals surface area contributed by atoms with Gasteiger partial charge in [0.2, 0.25) is 0 Å². The van der Waals surface area contributed by atoms with Crippen molar-refractivity contribution in [2.75, 3.05) is 20.1 Å². The maximum atomic E-state index is 3.37. The lowest BCUT2D eigenvalue weighted by molar-refractivity contribution is 0.233. The lowest BCUT2D eigenvalue weighted by Gasteiger charge is -2.43. The van der Waals surface area contributed by atoms with Gasteiger partial charge in [-0.3, -0.25) is 0 Å². The molecule has 2 rings (SSSR count). The first-order valence-electron chi connectivity index (χ1n) is 4.32. The molecule has 0 atom stereocenters. The predicted molar refractivity (Wildman–Crippen MR) is 50.0 cm³/mol. The molecular formula is C10H14N2. The first-order chi connectivity index (χ1) is 5.87. The standard InChI is InChI=1S/C10H14N2/c1-11-10(7-12-8-10)9-5-3-2-4-6-9/h2-6,11-12H,7-8H2,1H3. The van der Waals surface area contributed by atoms with Gasteiger partial charge in [0.25, 0.3) is 0 Å². The van der Waals surface area contributed by atoms with Crippen LogP contribution in [0.4, 0.5) is 0 Å². The van der Waals surface area contributed by atoms with E-state index in [4.69, 9.17) is 0 Å². The fraction of sp³-hybridized carbons (Fsp3) is 0.400. The molecule has 64 valence electrons. The number of benzene rings is 1. The van der Waals surface area contributed by atoms with E-state index in [0.717, 1.165) is 13.1 Å². The van der Waals surface area contributed by atoms with E-state index in [-0.39, 0.29) is 5.54 Å². The molecule has 1 aromatic rings. The third-order valence-electron chi connectivity index (χ3n) is 2.66. The molecule has 2 N–H and O–H groups in total. The van der Waals surface area contributed by atoms with Crippen molar-refractivity contribution in [2.45, 2.75) is 5.54 Å². The SMILES string of the molecule is CNC1(c2ccccc2)CNC1. The minimum Gasteiger partial charge on any atom is -0.312 e. The van der Waals surface area contributed by atoms with Crippen LogP contribution in [0.1, 0.15) is 5.56 Å². The van der Waals surface area contributed by atoms with Gasteiger partial charge in [-0.2, -0.15) is 0 Å². The van der Waals surface area contributed by atoms with Crippen LogP contribution in [0.2, 0.25) is 0 Å². The van der Waals surface area contributed by atoms with Crippen molar-refractivity contribution >= 4 is 0 Å². The zero-order valence-corrected chi connectivity index (χ0v) is 7.30. The number of hydrogen-bond acceptors (Lipinski definition) is 2. The molecule has 0 unspecified atom stereocenters. The molecule has 0 saturated carbocycles. The zero-order chi connectivity index (χ0) is 8.44. The van der Waals surface area contributed by atoms with Crippen LogP contribution in [0, 0.1) is 0 Å². The molecule has 0 radical (unpaired) electrons. The van der Waals surface area contributed by atoms with Crippen molar-refractivity contribution in [1.29, 1.82) is 0 Å². The van der Waals surface area contributed by atoms with E-state index >= 15 is 0 Å². The molecule has 0 amide bonds. The molecule has 1 heterocycles. The lowest BCUT2D eigenvalue weighted by Crippen LogP contribution is -2.64. The minimum absolute atomic E-state index is 0.196. The van der Waals surface area contributed by atoms with Gasteiger partial charge in [-0.25, -0.2) is 0 Å². The molecule has 0 aromatic heterocycles. The highest BCUT2D eigenvalue weighted by Crippen LogP contribution is 2.24. The van der Waals surface area contributed by atoms with Crippen LogP contribution in [0.3, 0.4) is 0 Å². The predicted octanol–water partition coefficient (Wildman–Crippen LogP) is 0.704. The van der Waals surface area contributed by atoms with E-state index in [1.54, 1.807) is 0 Å². The Labute approximate surface area is 73.0 Å². The molecule has 12 heavy (non-hydrogen) atoms. The summed E-state index contributed by atoms with van der Waals surface area (Å²) in [6.45, 7) is 2.07. The van der Waals surface area contributed by atoms with Gasteiger partial charge >= 0.3 is 0 Å². The quantitative estimate of drug-likeness (QED) is 0.669. The summed E-state index contributed by atoms with van der Waals surface area (Å²) in [7, 11) is 2.02. The molecule has 2 heteroatoms. The maximum absolute atomic E-state index is 3.37. The van der Waals surface area contributed by atoms with Gasteiger partial charge in [0.05, 0.1) is 5.54 Å². The Kier molecular flexibility index (Phi) is 1.87. The Morgan fingerprint density at radius 1 is 1.25 bits per heavy atom. The van der Waals surface area contributed by atoms with Crippen molar-refractivity contribution < 1.29 is 0 Å². The molecule has 1 saturated heterocycles. The van der Waals surface area contributed by atoms with Gasteiger partial charge in [-0.1, -0.05) is 30.3 Å². The molecular weight excluding hydrogens is 148 g/mol. The van der Waals surface area contributed by atoms with E-state index in [9.17, 15) is 0 Å². The molecule has 1 aliphatic heterocycles. The Hall–Kier alpha value is -0.860. The van der Waals surface area contributed by atoms with E-state index in [0.29, 0.717) is 0 Å². The Morgan fingerprint density at radius 2 is 1.92 bits per heavy atom. The van der Waals surface area contributed by atoms with Gasteiger partial charge < -0.3 is 10.6 Å². The molecule has 1 fully saturated rings. The minimum atomic E-state index is 0.196. The summed E-state index contributed by atoms with van der Waals surface area (Å²) in [5.41, 5.74) is 1.58. The van der Waals surface area contributed by atoms with Crippen molar-refractivity contribution in [2.24, 2.45) is 0 Å². The number of rotatable bonds is 2. The number of nitrogens with one attached hydrogen (secondary N) is 2. The Bertz CT molecular complexity index is 246. The Morgan fingerprint density at radius 3 is 2.33 bits per heavy atom. The average Bonchev–Trinajstić information content (AvgIpc) is 2.05. The Balaban J connectivity index is 2.28. The van der Waals surface area contributed by atoms with Crippen LogP contribution in [-0.4, -0.2) is 20.1 Å². The lowest BCUT2D eigenvalue weighted by atomic mass is 9.84. The highest BCUT2D eigenvalue weighted by atomic mass is 15.1. The van der Waals surface area contributed by atoms with Crippen LogP contribution in [-0.2, 0) is 5.54 Å². The summed E-state index contributed by atoms with van der Waals surface area (Å²) < 4.78 is 0. The van der Waals surface area contributed by atoms with Crippen molar-refractivity contribution in [1.82, 2.24) is 10.6 Å². The third kappa shape index (κ3) is 1.04. The van der Waals surface area contributed by atoms with E-state index in [2.05, 4.69) is 41.0 Å². The average molecular weight is 162 g/mol. The summed E-state index contributed by atoms with van der Waals surface area (Å²) in [6.07, 6.45) is 0. The van der Waals surface area contributed by atoms with Crippen molar-refractivity contribution in [3.8, 4) is 0 Å². The van der Waals surface area contributed by atoms with E-state index in [1.165, 1.54) is 5.56 Å². The largest absolute Gasteiger partial charge is 0.312 e. The summed E-state index contributed by atoms with van der Waals surface area (Å²) in [5, 5.41) is 6.66. The number of hydrogen-bond donors (Lipinski definition) is 2. The van der Waals surface area contributed by atoms with Crippen LogP contribution >= 0.6 is 0 Å². The fourth-order valence-electron chi connectivity index (χ4n) is 1.66. The highest BCUT2D eigenvalue weighted by molar-refractivity contribution is 5.28. The first-order valence-corrected chi connectivity index (χ1v) is 4.32. The van der Waals surface area contributed by atoms with E-state index < -0.39 is 0 Å². The molecule has 1 aromatic carbocycles. The monoisotopic (exact) mass is 162 g/mol. The molecule has 1 aliphatic rings. The smallest absolute Gasteiger partial charge is 0.0684 e. The van der Waals surface area contributed by atoms with Crippen LogP contribution in [0.15, 0.2) is 30.3 Å². The van der Waals surface area contributed by atoms with Crippen molar-refractivity contribution in [3.63, 3.8) is 0 Å². The number of likely N-dealkylation sites (N-methyl/N-ethyl adjacent to an activating group) is 1. The van der Waals surface area contributed by atoms with Gasteiger partial charge in [0, 0.05) is 13.1 Å². The molecule has 0 spiro atoms. The molecule has 0 bridgehead atoms. The normalized spacial score (nSPS) is 20.1. The maximum Gasteiger partial charge on any atom is 0.0684 e. The first kappa shape index (κ1) is 7.77. The van der Waals surface area contributed by atoms with Crippen LogP contribution in [0.5, 0.6) is 0 Å². The second kappa shape index (κ2) is 2.88. The van der Waals surface area contributed by atoms with Gasteiger partial charge in [-0.05, 0) is 12.6 Å². The summed E-state index contributed by atoms with van der Waals surface area (Å²) in [4.78, 5) is 0. The second-order valence-corrected chi connectivity index (χ2v) is 3.30. The second-order valence-electron chi connectivity index (χ2n) is 3.30. The van der Waals surface area contributed by atoms with Crippen molar-refractivity contribution in [3.05, 3.63) is 35.9 Å². The van der Waals surface area contributed by atoms with Crippen LogP contribution < -0.4 is 10.6 Å². The summed E-state index contributed by atoms with van der Waals surface area (Å²) in [5.74, 6) is 0. The van der Waals surface area contributed by atoms with Gasteiger partial charge in [-0.15, -0.1) is 0 Å². The van der Waals surface area contributed by atoms with Gasteiger partial charge in [0.15, 0.2) is 0 Å². The van der Waals surface area contributed by atoms with Gasteiger partial charge in [0.1, 0.15) is 0 Å². The topological polar surface area (TPSA) is 24.1 Å². The summed E-state index contributed by atoms with van der Waals surface area (Å²) >= 11 is 0. The molecule has 2 nitrogen and oxygen atoms in total. The van der Waals surface area contributed by atoms with E-state index in [1.807, 2.05) is 7.05 Å². The van der Waals surface area contributed by atoms with Crippen LogP contribution in [0.25, 0.3) is 0 Å².